The van der Waals surface area contributed by atoms with Crippen LogP contribution in [0.3, 0.4) is 0 Å². The van der Waals surface area contributed by atoms with Gasteiger partial charge < -0.3 is 20.4 Å². The number of likely N-dealkylation sites (tertiary alicyclic amines) is 1. The summed E-state index contributed by atoms with van der Waals surface area (Å²) >= 11 is 0. The van der Waals surface area contributed by atoms with Crippen LogP contribution in [0.25, 0.3) is 0 Å². The van der Waals surface area contributed by atoms with Gasteiger partial charge in [-0.2, -0.15) is 0 Å². The van der Waals surface area contributed by atoms with Gasteiger partial charge in [0.15, 0.2) is 0 Å². The Hall–Kier alpha value is -1.30. The molecule has 3 N–H and O–H groups in total. The predicted molar refractivity (Wildman–Crippen MR) is 71.1 cm³/mol. The molecule has 0 bridgehead atoms. The normalized spacial score (nSPS) is 29.8. The number of aliphatic carboxylic acids is 1. The lowest BCUT2D eigenvalue weighted by Crippen LogP contribution is -2.47. The summed E-state index contributed by atoms with van der Waals surface area (Å²) in [7, 11) is 0. The van der Waals surface area contributed by atoms with Crippen LogP contribution in [-0.4, -0.2) is 52.3 Å². The van der Waals surface area contributed by atoms with E-state index in [9.17, 15) is 14.7 Å². The maximum absolute atomic E-state index is 12.1. The van der Waals surface area contributed by atoms with E-state index >= 15 is 0 Å². The molecule has 3 rings (SSSR count). The van der Waals surface area contributed by atoms with Gasteiger partial charge >= 0.3 is 12.0 Å². The van der Waals surface area contributed by atoms with Crippen molar-refractivity contribution >= 4 is 12.0 Å². The minimum Gasteiger partial charge on any atom is -0.480 e. The van der Waals surface area contributed by atoms with Crippen molar-refractivity contribution in [2.45, 2.75) is 44.2 Å². The molecule has 2 atom stereocenters. The van der Waals surface area contributed by atoms with Crippen molar-refractivity contribution in [3.8, 4) is 0 Å². The van der Waals surface area contributed by atoms with Crippen molar-refractivity contribution in [2.75, 3.05) is 13.1 Å². The first-order valence-corrected chi connectivity index (χ1v) is 7.51. The van der Waals surface area contributed by atoms with E-state index in [-0.39, 0.29) is 19.0 Å². The maximum Gasteiger partial charge on any atom is 0.326 e. The Balaban J connectivity index is 1.53. The molecule has 2 unspecified atom stereocenters. The molecular weight excluding hydrogens is 260 g/mol. The topological polar surface area (TPSA) is 89.9 Å². The van der Waals surface area contributed by atoms with Gasteiger partial charge in [-0.05, 0) is 43.4 Å². The summed E-state index contributed by atoms with van der Waals surface area (Å²) in [5, 5.41) is 21.5. The van der Waals surface area contributed by atoms with Gasteiger partial charge in [-0.1, -0.05) is 0 Å². The van der Waals surface area contributed by atoms with E-state index in [2.05, 4.69) is 5.32 Å². The van der Waals surface area contributed by atoms with Gasteiger partial charge in [-0.15, -0.1) is 0 Å². The third-order valence-electron chi connectivity index (χ3n) is 4.77. The Morgan fingerprint density at radius 3 is 2.30 bits per heavy atom. The van der Waals surface area contributed by atoms with Crippen LogP contribution in [0.1, 0.15) is 32.1 Å². The Morgan fingerprint density at radius 1 is 1.20 bits per heavy atom. The Bertz CT molecular complexity index is 394. The number of nitrogens with one attached hydrogen (secondary N) is 1. The SMILES string of the molecule is O=C(O)C1CC(O)CN1C(=O)NCC(C1CC1)C1CC1. The summed E-state index contributed by atoms with van der Waals surface area (Å²) in [6.45, 7) is 0.757. The molecule has 0 aromatic rings. The van der Waals surface area contributed by atoms with Gasteiger partial charge in [0, 0.05) is 19.5 Å². The van der Waals surface area contributed by atoms with Crippen molar-refractivity contribution < 1.29 is 19.8 Å². The number of aliphatic hydroxyl groups excluding tert-OH is 1. The summed E-state index contributed by atoms with van der Waals surface area (Å²) in [5.74, 6) is 1.02. The molecule has 1 heterocycles. The van der Waals surface area contributed by atoms with E-state index < -0.39 is 18.1 Å². The second-order valence-corrected chi connectivity index (χ2v) is 6.42. The molecule has 3 fully saturated rings. The maximum atomic E-state index is 12.1. The van der Waals surface area contributed by atoms with Crippen LogP contribution in [0, 0.1) is 17.8 Å². The van der Waals surface area contributed by atoms with Gasteiger partial charge in [0.05, 0.1) is 6.10 Å². The van der Waals surface area contributed by atoms with E-state index in [4.69, 9.17) is 5.11 Å². The van der Waals surface area contributed by atoms with Crippen molar-refractivity contribution in [3.63, 3.8) is 0 Å². The zero-order valence-corrected chi connectivity index (χ0v) is 11.5. The standard InChI is InChI=1S/C14H22N2O4/c17-10-5-12(13(18)19)16(7-10)14(20)15-6-11(8-1-2-8)9-3-4-9/h8-12,17H,1-7H2,(H,15,20)(H,18,19). The van der Waals surface area contributed by atoms with Gasteiger partial charge in [-0.3, -0.25) is 0 Å². The molecule has 0 radical (unpaired) electrons. The highest BCUT2D eigenvalue weighted by molar-refractivity contribution is 5.83. The number of carboxylic acids is 1. The van der Waals surface area contributed by atoms with Crippen molar-refractivity contribution in [2.24, 2.45) is 17.8 Å². The van der Waals surface area contributed by atoms with Crippen molar-refractivity contribution in [3.05, 3.63) is 0 Å². The van der Waals surface area contributed by atoms with Crippen LogP contribution < -0.4 is 5.32 Å². The van der Waals surface area contributed by atoms with E-state index in [0.717, 1.165) is 11.8 Å². The quantitative estimate of drug-likeness (QED) is 0.690. The third-order valence-corrected chi connectivity index (χ3v) is 4.77. The molecule has 6 nitrogen and oxygen atoms in total. The predicted octanol–water partition coefficient (Wildman–Crippen LogP) is 0.652. The largest absolute Gasteiger partial charge is 0.480 e. The minimum absolute atomic E-state index is 0.111. The number of urea groups is 1. The molecule has 1 saturated heterocycles. The fourth-order valence-electron chi connectivity index (χ4n) is 3.35. The molecule has 0 spiro atoms. The van der Waals surface area contributed by atoms with Crippen LogP contribution in [0.2, 0.25) is 0 Å². The van der Waals surface area contributed by atoms with Crippen LogP contribution in [0.5, 0.6) is 0 Å². The first kappa shape index (κ1) is 13.7. The lowest BCUT2D eigenvalue weighted by Gasteiger charge is -2.23. The van der Waals surface area contributed by atoms with Crippen LogP contribution >= 0.6 is 0 Å². The number of rotatable bonds is 5. The average Bonchev–Trinajstić information content (AvgIpc) is 3.29. The summed E-state index contributed by atoms with van der Waals surface area (Å²) in [6, 6.07) is -1.24. The third kappa shape index (κ3) is 2.90. The number of amides is 2. The summed E-state index contributed by atoms with van der Waals surface area (Å²) in [5.41, 5.74) is 0. The second-order valence-electron chi connectivity index (χ2n) is 6.42. The van der Waals surface area contributed by atoms with Crippen LogP contribution in [-0.2, 0) is 4.79 Å². The number of hydrogen-bond acceptors (Lipinski definition) is 3. The molecule has 3 aliphatic rings. The smallest absolute Gasteiger partial charge is 0.326 e. The summed E-state index contributed by atoms with van der Waals surface area (Å²) in [4.78, 5) is 24.5. The molecule has 20 heavy (non-hydrogen) atoms. The minimum atomic E-state index is -1.04. The Labute approximate surface area is 118 Å². The van der Waals surface area contributed by atoms with Crippen LogP contribution in [0.4, 0.5) is 4.79 Å². The van der Waals surface area contributed by atoms with E-state index in [0.29, 0.717) is 12.5 Å². The number of carboxylic acid groups (broad SMARTS) is 1. The van der Waals surface area contributed by atoms with E-state index in [1.54, 1.807) is 0 Å². The van der Waals surface area contributed by atoms with Gasteiger partial charge in [0.25, 0.3) is 0 Å². The monoisotopic (exact) mass is 282 g/mol. The van der Waals surface area contributed by atoms with Gasteiger partial charge in [0.1, 0.15) is 6.04 Å². The van der Waals surface area contributed by atoms with Crippen molar-refractivity contribution in [1.29, 1.82) is 0 Å². The fourth-order valence-corrected chi connectivity index (χ4v) is 3.35. The zero-order valence-electron chi connectivity index (χ0n) is 11.5. The zero-order chi connectivity index (χ0) is 14.3. The van der Waals surface area contributed by atoms with Gasteiger partial charge in [0.2, 0.25) is 0 Å². The molecule has 2 amide bonds. The van der Waals surface area contributed by atoms with Gasteiger partial charge in [-0.25, -0.2) is 9.59 Å². The number of carbonyl (C=O) groups excluding carboxylic acids is 1. The highest BCUT2D eigenvalue weighted by atomic mass is 16.4. The molecule has 2 saturated carbocycles. The lowest BCUT2D eigenvalue weighted by molar-refractivity contribution is -0.141. The molecule has 1 aliphatic heterocycles. The van der Waals surface area contributed by atoms with Crippen LogP contribution in [0.15, 0.2) is 0 Å². The summed E-state index contributed by atoms with van der Waals surface area (Å²) in [6.07, 6.45) is 4.44. The van der Waals surface area contributed by atoms with Crippen molar-refractivity contribution in [1.82, 2.24) is 10.2 Å². The number of hydrogen-bond donors (Lipinski definition) is 3. The molecule has 0 aromatic heterocycles. The number of nitrogens with zero attached hydrogens (tertiary/aromatic N) is 1. The first-order chi connectivity index (χ1) is 9.56. The molecule has 0 aromatic carbocycles. The fraction of sp³-hybridized carbons (Fsp3) is 0.857. The Kier molecular flexibility index (Phi) is 3.58. The molecule has 2 aliphatic carbocycles. The highest BCUT2D eigenvalue weighted by Gasteiger charge is 2.43. The second kappa shape index (κ2) is 5.24. The van der Waals surface area contributed by atoms with E-state index in [1.165, 1.54) is 30.6 Å². The summed E-state index contributed by atoms with van der Waals surface area (Å²) < 4.78 is 0. The number of β-amino-alcohol motifs (C(OH)–C–C–N with tert-alkyl or cyclic N) is 1. The molecule has 6 heteroatoms. The lowest BCUT2D eigenvalue weighted by atomic mass is 9.98. The van der Waals surface area contributed by atoms with E-state index in [1.807, 2.05) is 0 Å². The highest BCUT2D eigenvalue weighted by Crippen LogP contribution is 2.48. The number of carbonyl (C=O) groups is 2. The molecular formula is C14H22N2O4. The Morgan fingerprint density at radius 2 is 1.80 bits per heavy atom. The molecule has 112 valence electrons. The number of aliphatic hydroxyl groups is 1. The first-order valence-electron chi connectivity index (χ1n) is 7.51. The average molecular weight is 282 g/mol.